The number of morpholine rings is 1. The minimum atomic E-state index is 0.158. The van der Waals surface area contributed by atoms with E-state index < -0.39 is 0 Å². The molecule has 3 nitrogen and oxygen atoms in total. The minimum Gasteiger partial charge on any atom is -0.378 e. The molecule has 16 heavy (non-hydrogen) atoms. The highest BCUT2D eigenvalue weighted by atomic mass is 16.5. The first-order chi connectivity index (χ1) is 7.61. The summed E-state index contributed by atoms with van der Waals surface area (Å²) >= 11 is 0. The molecule has 94 valence electrons. The Morgan fingerprint density at radius 2 is 1.94 bits per heavy atom. The summed E-state index contributed by atoms with van der Waals surface area (Å²) in [7, 11) is 0. The summed E-state index contributed by atoms with van der Waals surface area (Å²) < 4.78 is 5.59. The van der Waals surface area contributed by atoms with Gasteiger partial charge in [-0.25, -0.2) is 0 Å². The van der Waals surface area contributed by atoms with Crippen LogP contribution >= 0.6 is 0 Å². The lowest BCUT2D eigenvalue weighted by molar-refractivity contribution is -0.0774. The number of rotatable bonds is 1. The van der Waals surface area contributed by atoms with Crippen molar-refractivity contribution in [1.29, 1.82) is 0 Å². The molecule has 2 N–H and O–H groups in total. The summed E-state index contributed by atoms with van der Waals surface area (Å²) in [5, 5.41) is 0. The quantitative estimate of drug-likeness (QED) is 0.692. The van der Waals surface area contributed by atoms with Gasteiger partial charge in [-0.15, -0.1) is 0 Å². The van der Waals surface area contributed by atoms with Gasteiger partial charge in [0.15, 0.2) is 0 Å². The van der Waals surface area contributed by atoms with Gasteiger partial charge in [-0.1, -0.05) is 19.3 Å². The molecule has 1 aliphatic carbocycles. The van der Waals surface area contributed by atoms with Crippen molar-refractivity contribution in [2.24, 2.45) is 5.73 Å². The van der Waals surface area contributed by atoms with Gasteiger partial charge in [-0.2, -0.15) is 0 Å². The third-order valence-electron chi connectivity index (χ3n) is 4.14. The fourth-order valence-electron chi connectivity index (χ4n) is 3.19. The maximum Gasteiger partial charge on any atom is 0.0645 e. The molecule has 0 bridgehead atoms. The lowest BCUT2D eigenvalue weighted by Gasteiger charge is -2.48. The number of hydrogen-bond donors (Lipinski definition) is 1. The van der Waals surface area contributed by atoms with Crippen LogP contribution in [0.15, 0.2) is 0 Å². The van der Waals surface area contributed by atoms with Crippen LogP contribution in [0.5, 0.6) is 0 Å². The van der Waals surface area contributed by atoms with E-state index in [-0.39, 0.29) is 5.54 Å². The Kier molecular flexibility index (Phi) is 3.88. The number of nitrogens with zero attached hydrogens (tertiary/aromatic N) is 1. The molecule has 0 radical (unpaired) electrons. The van der Waals surface area contributed by atoms with Crippen molar-refractivity contribution >= 4 is 0 Å². The Hall–Kier alpha value is -0.120. The zero-order valence-corrected chi connectivity index (χ0v) is 10.7. The third kappa shape index (κ3) is 2.58. The lowest BCUT2D eigenvalue weighted by atomic mass is 9.94. The fraction of sp³-hybridized carbons (Fsp3) is 1.00. The summed E-state index contributed by atoms with van der Waals surface area (Å²) in [6.07, 6.45) is 6.46. The first-order valence-electron chi connectivity index (χ1n) is 6.71. The van der Waals surface area contributed by atoms with Crippen LogP contribution in [0, 0.1) is 0 Å². The van der Waals surface area contributed by atoms with Crippen LogP contribution in [0.3, 0.4) is 0 Å². The zero-order valence-electron chi connectivity index (χ0n) is 10.7. The molecule has 0 spiro atoms. The smallest absolute Gasteiger partial charge is 0.0645 e. The van der Waals surface area contributed by atoms with Crippen LogP contribution < -0.4 is 5.73 Å². The molecule has 2 fully saturated rings. The highest BCUT2D eigenvalue weighted by Crippen LogP contribution is 2.29. The molecule has 2 aliphatic rings. The molecule has 0 amide bonds. The van der Waals surface area contributed by atoms with Crippen molar-refractivity contribution in [3.05, 3.63) is 0 Å². The van der Waals surface area contributed by atoms with Crippen molar-refractivity contribution < 1.29 is 4.74 Å². The average Bonchev–Trinajstić information content (AvgIpc) is 2.43. The van der Waals surface area contributed by atoms with Gasteiger partial charge in [-0.3, -0.25) is 4.90 Å². The SMILES string of the molecule is CC1(C)COCCN1C1CCCCCC1N. The fourth-order valence-corrected chi connectivity index (χ4v) is 3.19. The van der Waals surface area contributed by atoms with Gasteiger partial charge in [0.05, 0.1) is 13.2 Å². The molecule has 0 aromatic rings. The number of nitrogens with two attached hydrogens (primary N) is 1. The summed E-state index contributed by atoms with van der Waals surface area (Å²) in [6, 6.07) is 0.932. The second-order valence-electron chi connectivity index (χ2n) is 5.93. The van der Waals surface area contributed by atoms with Crippen LogP contribution in [0.2, 0.25) is 0 Å². The lowest BCUT2D eigenvalue weighted by Crippen LogP contribution is -2.61. The van der Waals surface area contributed by atoms with Crippen molar-refractivity contribution in [2.75, 3.05) is 19.8 Å². The van der Waals surface area contributed by atoms with E-state index in [0.29, 0.717) is 12.1 Å². The maximum atomic E-state index is 6.35. The molecule has 1 heterocycles. The van der Waals surface area contributed by atoms with Gasteiger partial charge in [0, 0.05) is 24.2 Å². The van der Waals surface area contributed by atoms with Gasteiger partial charge < -0.3 is 10.5 Å². The molecule has 1 saturated heterocycles. The molecule has 2 rings (SSSR count). The maximum absolute atomic E-state index is 6.35. The molecule has 0 aromatic carbocycles. The van der Waals surface area contributed by atoms with Crippen molar-refractivity contribution in [3.63, 3.8) is 0 Å². The predicted molar refractivity (Wildman–Crippen MR) is 66.5 cm³/mol. The Bertz CT molecular complexity index is 230. The third-order valence-corrected chi connectivity index (χ3v) is 4.14. The molecule has 2 atom stereocenters. The van der Waals surface area contributed by atoms with E-state index in [9.17, 15) is 0 Å². The Balaban J connectivity index is 2.07. The van der Waals surface area contributed by atoms with Crippen molar-refractivity contribution in [3.8, 4) is 0 Å². The van der Waals surface area contributed by atoms with E-state index in [0.717, 1.165) is 19.8 Å². The molecule has 2 unspecified atom stereocenters. The van der Waals surface area contributed by atoms with Crippen LogP contribution in [0.4, 0.5) is 0 Å². The molecule has 0 aromatic heterocycles. The van der Waals surface area contributed by atoms with Crippen molar-refractivity contribution in [2.45, 2.75) is 63.6 Å². The highest BCUT2D eigenvalue weighted by Gasteiger charge is 2.37. The predicted octanol–water partition coefficient (Wildman–Crippen LogP) is 1.76. The number of hydrogen-bond acceptors (Lipinski definition) is 3. The van der Waals surface area contributed by atoms with E-state index in [1.54, 1.807) is 0 Å². The van der Waals surface area contributed by atoms with E-state index in [1.165, 1.54) is 32.1 Å². The molecule has 1 aliphatic heterocycles. The van der Waals surface area contributed by atoms with E-state index in [2.05, 4.69) is 18.7 Å². The second kappa shape index (κ2) is 5.03. The van der Waals surface area contributed by atoms with Gasteiger partial charge in [0.2, 0.25) is 0 Å². The van der Waals surface area contributed by atoms with Crippen molar-refractivity contribution in [1.82, 2.24) is 4.90 Å². The average molecular weight is 226 g/mol. The molecule has 1 saturated carbocycles. The van der Waals surface area contributed by atoms with Gasteiger partial charge >= 0.3 is 0 Å². The topological polar surface area (TPSA) is 38.5 Å². The summed E-state index contributed by atoms with van der Waals surface area (Å²) in [6.45, 7) is 7.32. The van der Waals surface area contributed by atoms with E-state index in [1.807, 2.05) is 0 Å². The standard InChI is InChI=1S/C13H26N2O/c1-13(2)10-16-9-8-15(13)12-7-5-3-4-6-11(12)14/h11-12H,3-10,14H2,1-2H3. The van der Waals surface area contributed by atoms with E-state index in [4.69, 9.17) is 10.5 Å². The Morgan fingerprint density at radius 1 is 1.19 bits per heavy atom. The van der Waals surface area contributed by atoms with Crippen LogP contribution in [-0.4, -0.2) is 42.3 Å². The first-order valence-corrected chi connectivity index (χ1v) is 6.71. The van der Waals surface area contributed by atoms with Crippen LogP contribution in [0.25, 0.3) is 0 Å². The summed E-state index contributed by atoms with van der Waals surface area (Å²) in [4.78, 5) is 2.60. The summed E-state index contributed by atoms with van der Waals surface area (Å²) in [5.74, 6) is 0. The minimum absolute atomic E-state index is 0.158. The van der Waals surface area contributed by atoms with E-state index >= 15 is 0 Å². The second-order valence-corrected chi connectivity index (χ2v) is 5.93. The Labute approximate surface area is 99.3 Å². The van der Waals surface area contributed by atoms with Gasteiger partial charge in [-0.05, 0) is 26.7 Å². The molecule has 3 heteroatoms. The van der Waals surface area contributed by atoms with Gasteiger partial charge in [0.25, 0.3) is 0 Å². The monoisotopic (exact) mass is 226 g/mol. The van der Waals surface area contributed by atoms with Crippen LogP contribution in [-0.2, 0) is 4.74 Å². The zero-order chi connectivity index (χ0) is 11.6. The number of ether oxygens (including phenoxy) is 1. The highest BCUT2D eigenvalue weighted by molar-refractivity contribution is 4.94. The normalized spacial score (nSPS) is 36.9. The molecular weight excluding hydrogens is 200 g/mol. The summed E-state index contributed by atoms with van der Waals surface area (Å²) in [5.41, 5.74) is 6.51. The molecular formula is C13H26N2O. The first kappa shape index (κ1) is 12.3. The van der Waals surface area contributed by atoms with Crippen LogP contribution in [0.1, 0.15) is 46.0 Å². The Morgan fingerprint density at radius 3 is 2.69 bits per heavy atom. The van der Waals surface area contributed by atoms with Gasteiger partial charge in [0.1, 0.15) is 0 Å². The largest absolute Gasteiger partial charge is 0.378 e.